The van der Waals surface area contributed by atoms with Crippen LogP contribution in [0.1, 0.15) is 52.4 Å². The molecular weight excluding hydrogens is 256 g/mol. The van der Waals surface area contributed by atoms with Gasteiger partial charge in [-0.3, -0.25) is 9.59 Å². The summed E-state index contributed by atoms with van der Waals surface area (Å²) in [5.74, 6) is -0.253. The van der Waals surface area contributed by atoms with E-state index in [2.05, 4.69) is 5.32 Å². The lowest BCUT2D eigenvalue weighted by Crippen LogP contribution is -2.50. The third kappa shape index (κ3) is 3.14. The fourth-order valence-corrected chi connectivity index (χ4v) is 3.12. The molecule has 5 heteroatoms. The molecule has 1 heterocycles. The third-order valence-electron chi connectivity index (χ3n) is 4.85. The van der Waals surface area contributed by atoms with Crippen LogP contribution in [0.25, 0.3) is 0 Å². The maximum Gasteiger partial charge on any atom is 0.225 e. The predicted octanol–water partition coefficient (Wildman–Crippen LogP) is 1.05. The zero-order valence-corrected chi connectivity index (χ0v) is 12.5. The van der Waals surface area contributed by atoms with Gasteiger partial charge in [-0.15, -0.1) is 0 Å². The number of aliphatic hydroxyl groups excluding tert-OH is 1. The van der Waals surface area contributed by atoms with Crippen molar-refractivity contribution in [3.05, 3.63) is 0 Å². The highest BCUT2D eigenvalue weighted by molar-refractivity contribution is 5.89. The van der Waals surface area contributed by atoms with Gasteiger partial charge in [0.15, 0.2) is 0 Å². The summed E-state index contributed by atoms with van der Waals surface area (Å²) in [4.78, 5) is 26.3. The summed E-state index contributed by atoms with van der Waals surface area (Å²) in [7, 11) is 0. The Balaban J connectivity index is 1.94. The summed E-state index contributed by atoms with van der Waals surface area (Å²) in [5.41, 5.74) is -0.582. The maximum absolute atomic E-state index is 12.3. The van der Waals surface area contributed by atoms with Crippen LogP contribution in [0.15, 0.2) is 0 Å². The molecule has 0 bridgehead atoms. The molecule has 2 fully saturated rings. The Morgan fingerprint density at radius 1 is 1.45 bits per heavy atom. The summed E-state index contributed by atoms with van der Waals surface area (Å²) < 4.78 is 0. The lowest BCUT2D eigenvalue weighted by Gasteiger charge is -2.29. The number of aliphatic hydroxyl groups is 1. The largest absolute Gasteiger partial charge is 0.394 e. The van der Waals surface area contributed by atoms with Crippen molar-refractivity contribution < 1.29 is 14.7 Å². The van der Waals surface area contributed by atoms with E-state index in [0.29, 0.717) is 25.4 Å². The van der Waals surface area contributed by atoms with E-state index in [-0.39, 0.29) is 24.3 Å². The Labute approximate surface area is 120 Å². The Morgan fingerprint density at radius 2 is 2.10 bits per heavy atom. The standard InChI is InChI=1S/C15H26N2O3/c1-3-15(2,10-18)16-14(20)11-8-13(19)17(9-11)12-6-4-5-7-12/h11-12,18H,3-10H2,1-2H3,(H,16,20). The smallest absolute Gasteiger partial charge is 0.225 e. The number of hydrogen-bond acceptors (Lipinski definition) is 3. The zero-order chi connectivity index (χ0) is 14.8. The fraction of sp³-hybridized carbons (Fsp3) is 0.867. The zero-order valence-electron chi connectivity index (χ0n) is 12.5. The monoisotopic (exact) mass is 282 g/mol. The topological polar surface area (TPSA) is 69.6 Å². The van der Waals surface area contributed by atoms with Gasteiger partial charge in [0, 0.05) is 19.0 Å². The first-order valence-electron chi connectivity index (χ1n) is 7.71. The molecule has 20 heavy (non-hydrogen) atoms. The highest BCUT2D eigenvalue weighted by Gasteiger charge is 2.39. The van der Waals surface area contributed by atoms with Crippen molar-refractivity contribution in [1.29, 1.82) is 0 Å². The molecule has 5 nitrogen and oxygen atoms in total. The fourth-order valence-electron chi connectivity index (χ4n) is 3.12. The van der Waals surface area contributed by atoms with Crippen LogP contribution < -0.4 is 5.32 Å². The van der Waals surface area contributed by atoms with E-state index >= 15 is 0 Å². The van der Waals surface area contributed by atoms with Gasteiger partial charge in [0.2, 0.25) is 11.8 Å². The van der Waals surface area contributed by atoms with E-state index in [0.717, 1.165) is 12.8 Å². The Bertz CT molecular complexity index is 373. The van der Waals surface area contributed by atoms with Crippen molar-refractivity contribution in [2.75, 3.05) is 13.2 Å². The van der Waals surface area contributed by atoms with Crippen molar-refractivity contribution >= 4 is 11.8 Å². The average Bonchev–Trinajstić information content (AvgIpc) is 3.07. The van der Waals surface area contributed by atoms with Crippen LogP contribution in [0.5, 0.6) is 0 Å². The SMILES string of the molecule is CCC(C)(CO)NC(=O)C1CC(=O)N(C2CCCC2)C1. The summed E-state index contributed by atoms with van der Waals surface area (Å²) in [6.07, 6.45) is 5.50. The van der Waals surface area contributed by atoms with Crippen LogP contribution >= 0.6 is 0 Å². The van der Waals surface area contributed by atoms with Crippen molar-refractivity contribution in [3.8, 4) is 0 Å². The summed E-state index contributed by atoms with van der Waals surface area (Å²) in [5, 5.41) is 12.3. The highest BCUT2D eigenvalue weighted by Crippen LogP contribution is 2.29. The second kappa shape index (κ2) is 6.12. The minimum Gasteiger partial charge on any atom is -0.394 e. The second-order valence-corrected chi connectivity index (χ2v) is 6.45. The minimum absolute atomic E-state index is 0.0811. The number of likely N-dealkylation sites (tertiary alicyclic amines) is 1. The number of carbonyl (C=O) groups is 2. The molecule has 2 amide bonds. The lowest BCUT2D eigenvalue weighted by atomic mass is 9.98. The first-order valence-corrected chi connectivity index (χ1v) is 7.71. The van der Waals surface area contributed by atoms with E-state index in [1.165, 1.54) is 12.8 Å². The average molecular weight is 282 g/mol. The number of nitrogens with one attached hydrogen (secondary N) is 1. The van der Waals surface area contributed by atoms with Crippen LogP contribution in [-0.4, -0.2) is 46.6 Å². The van der Waals surface area contributed by atoms with E-state index in [4.69, 9.17) is 0 Å². The maximum atomic E-state index is 12.3. The molecule has 1 saturated carbocycles. The predicted molar refractivity (Wildman–Crippen MR) is 76.0 cm³/mol. The van der Waals surface area contributed by atoms with Gasteiger partial charge in [0.25, 0.3) is 0 Å². The Kier molecular flexibility index (Phi) is 4.68. The van der Waals surface area contributed by atoms with Crippen molar-refractivity contribution in [2.45, 2.75) is 64.0 Å². The number of hydrogen-bond donors (Lipinski definition) is 2. The Hall–Kier alpha value is -1.10. The van der Waals surface area contributed by atoms with Gasteiger partial charge in [-0.2, -0.15) is 0 Å². The quantitative estimate of drug-likeness (QED) is 0.792. The molecular formula is C15H26N2O3. The molecule has 0 radical (unpaired) electrons. The van der Waals surface area contributed by atoms with E-state index in [1.807, 2.05) is 18.7 Å². The van der Waals surface area contributed by atoms with Crippen LogP contribution in [0.2, 0.25) is 0 Å². The highest BCUT2D eigenvalue weighted by atomic mass is 16.3. The van der Waals surface area contributed by atoms with E-state index in [9.17, 15) is 14.7 Å². The van der Waals surface area contributed by atoms with Gasteiger partial charge in [0.1, 0.15) is 0 Å². The molecule has 2 atom stereocenters. The van der Waals surface area contributed by atoms with Crippen LogP contribution in [-0.2, 0) is 9.59 Å². The van der Waals surface area contributed by atoms with Crippen LogP contribution in [0.3, 0.4) is 0 Å². The van der Waals surface area contributed by atoms with Gasteiger partial charge in [-0.25, -0.2) is 0 Å². The molecule has 2 rings (SSSR count). The number of nitrogens with zero attached hydrogens (tertiary/aromatic N) is 1. The second-order valence-electron chi connectivity index (χ2n) is 6.45. The van der Waals surface area contributed by atoms with Crippen molar-refractivity contribution in [2.24, 2.45) is 5.92 Å². The van der Waals surface area contributed by atoms with E-state index < -0.39 is 5.54 Å². The van der Waals surface area contributed by atoms with Gasteiger partial charge in [0.05, 0.1) is 18.1 Å². The molecule has 1 aliphatic heterocycles. The van der Waals surface area contributed by atoms with Gasteiger partial charge in [-0.1, -0.05) is 19.8 Å². The van der Waals surface area contributed by atoms with Crippen molar-refractivity contribution in [3.63, 3.8) is 0 Å². The number of carbonyl (C=O) groups excluding carboxylic acids is 2. The molecule has 2 aliphatic rings. The molecule has 0 aromatic rings. The molecule has 1 aliphatic carbocycles. The Morgan fingerprint density at radius 3 is 2.65 bits per heavy atom. The van der Waals surface area contributed by atoms with E-state index in [1.54, 1.807) is 0 Å². The summed E-state index contributed by atoms with van der Waals surface area (Å²) in [6.45, 7) is 4.22. The van der Waals surface area contributed by atoms with Gasteiger partial charge in [-0.05, 0) is 26.2 Å². The molecule has 0 spiro atoms. The third-order valence-corrected chi connectivity index (χ3v) is 4.85. The molecule has 0 aromatic heterocycles. The number of rotatable bonds is 5. The van der Waals surface area contributed by atoms with Crippen LogP contribution in [0, 0.1) is 5.92 Å². The normalized spacial score (nSPS) is 26.9. The summed E-state index contributed by atoms with van der Waals surface area (Å²) >= 11 is 0. The molecule has 114 valence electrons. The summed E-state index contributed by atoms with van der Waals surface area (Å²) in [6, 6.07) is 0.343. The first kappa shape index (κ1) is 15.3. The molecule has 0 aromatic carbocycles. The van der Waals surface area contributed by atoms with Crippen LogP contribution in [0.4, 0.5) is 0 Å². The van der Waals surface area contributed by atoms with Crippen molar-refractivity contribution in [1.82, 2.24) is 10.2 Å². The molecule has 2 N–H and O–H groups in total. The minimum atomic E-state index is -0.582. The number of amides is 2. The molecule has 2 unspecified atom stereocenters. The van der Waals surface area contributed by atoms with Gasteiger partial charge >= 0.3 is 0 Å². The lowest BCUT2D eigenvalue weighted by molar-refractivity contribution is -0.130. The first-order chi connectivity index (χ1) is 9.49. The molecule has 1 saturated heterocycles. The van der Waals surface area contributed by atoms with Gasteiger partial charge < -0.3 is 15.3 Å².